The van der Waals surface area contributed by atoms with Gasteiger partial charge in [-0.15, -0.1) is 0 Å². The molecule has 1 heterocycles. The summed E-state index contributed by atoms with van der Waals surface area (Å²) in [6, 6.07) is 0. The summed E-state index contributed by atoms with van der Waals surface area (Å²) in [5, 5.41) is 3.50. The fourth-order valence-corrected chi connectivity index (χ4v) is 2.14. The van der Waals surface area contributed by atoms with E-state index in [-0.39, 0.29) is 5.54 Å². The predicted molar refractivity (Wildman–Crippen MR) is 76.0 cm³/mol. The quantitative estimate of drug-likeness (QED) is 0.678. The molecule has 0 amide bonds. The van der Waals surface area contributed by atoms with E-state index < -0.39 is 0 Å². The Morgan fingerprint density at radius 2 is 1.89 bits per heavy atom. The van der Waals surface area contributed by atoms with E-state index >= 15 is 0 Å². The lowest BCUT2D eigenvalue weighted by atomic mass is 10.1. The summed E-state index contributed by atoms with van der Waals surface area (Å²) in [7, 11) is 0. The Morgan fingerprint density at radius 3 is 2.56 bits per heavy atom. The third-order valence-electron chi connectivity index (χ3n) is 3.25. The van der Waals surface area contributed by atoms with Gasteiger partial charge in [-0.3, -0.25) is 0 Å². The Morgan fingerprint density at radius 1 is 1.17 bits per heavy atom. The van der Waals surface area contributed by atoms with Gasteiger partial charge >= 0.3 is 0 Å². The summed E-state index contributed by atoms with van der Waals surface area (Å²) < 4.78 is 11.6. The summed E-state index contributed by atoms with van der Waals surface area (Å²) in [6.07, 6.45) is 6.69. The van der Waals surface area contributed by atoms with Crippen LogP contribution in [0.3, 0.4) is 0 Å². The second-order valence-electron chi connectivity index (χ2n) is 6.37. The zero-order valence-corrected chi connectivity index (χ0v) is 12.6. The van der Waals surface area contributed by atoms with Crippen molar-refractivity contribution in [1.29, 1.82) is 0 Å². The van der Waals surface area contributed by atoms with Crippen molar-refractivity contribution >= 4 is 0 Å². The summed E-state index contributed by atoms with van der Waals surface area (Å²) in [6.45, 7) is 11.4. The zero-order valence-electron chi connectivity index (χ0n) is 12.6. The van der Waals surface area contributed by atoms with Crippen LogP contribution in [0.15, 0.2) is 0 Å². The van der Waals surface area contributed by atoms with E-state index in [1.54, 1.807) is 0 Å². The van der Waals surface area contributed by atoms with Gasteiger partial charge in [0.25, 0.3) is 0 Å². The van der Waals surface area contributed by atoms with Gasteiger partial charge in [0.15, 0.2) is 0 Å². The van der Waals surface area contributed by atoms with E-state index in [9.17, 15) is 0 Å². The summed E-state index contributed by atoms with van der Waals surface area (Å²) in [5.41, 5.74) is 0.179. The minimum absolute atomic E-state index is 0.179. The molecule has 0 radical (unpaired) electrons. The minimum Gasteiger partial charge on any atom is -0.379 e. The highest BCUT2D eigenvalue weighted by Gasteiger charge is 2.26. The molecule has 1 saturated heterocycles. The number of nitrogens with one attached hydrogen (secondary N) is 1. The van der Waals surface area contributed by atoms with E-state index in [1.807, 2.05) is 0 Å². The molecule has 0 aromatic carbocycles. The molecule has 0 spiro atoms. The summed E-state index contributed by atoms with van der Waals surface area (Å²) in [4.78, 5) is 0. The van der Waals surface area contributed by atoms with Gasteiger partial charge in [0, 0.05) is 18.7 Å². The van der Waals surface area contributed by atoms with Crippen LogP contribution in [0.1, 0.15) is 59.8 Å². The van der Waals surface area contributed by atoms with Crippen LogP contribution in [0.25, 0.3) is 0 Å². The Balaban J connectivity index is 2.03. The molecule has 0 aromatic heterocycles. The van der Waals surface area contributed by atoms with Gasteiger partial charge in [0.2, 0.25) is 0 Å². The smallest absolute Gasteiger partial charge is 0.0813 e. The van der Waals surface area contributed by atoms with Gasteiger partial charge in [-0.2, -0.15) is 0 Å². The molecule has 18 heavy (non-hydrogen) atoms. The molecule has 1 N–H and O–H groups in total. The van der Waals surface area contributed by atoms with Crippen LogP contribution in [0, 0.1) is 0 Å². The number of rotatable bonds is 8. The predicted octanol–water partition coefficient (Wildman–Crippen LogP) is 3.13. The van der Waals surface area contributed by atoms with E-state index in [4.69, 9.17) is 9.47 Å². The molecule has 108 valence electrons. The van der Waals surface area contributed by atoms with Gasteiger partial charge in [0.1, 0.15) is 0 Å². The molecule has 2 atom stereocenters. The number of hydrogen-bond donors (Lipinski definition) is 1. The summed E-state index contributed by atoms with van der Waals surface area (Å²) in [5.74, 6) is 0. The molecule has 0 aliphatic carbocycles. The zero-order chi connectivity index (χ0) is 13.4. The van der Waals surface area contributed by atoms with Crippen molar-refractivity contribution in [2.24, 2.45) is 0 Å². The first-order chi connectivity index (χ1) is 8.51. The van der Waals surface area contributed by atoms with Crippen molar-refractivity contribution in [2.45, 2.75) is 77.5 Å². The maximum atomic E-state index is 5.98. The third-order valence-corrected chi connectivity index (χ3v) is 3.25. The first-order valence-electron chi connectivity index (χ1n) is 7.49. The standard InChI is InChI=1S/C15H31NO2/c1-5-6-7-10-17-12-14-9-8-13(18-14)11-16-15(2,3)4/h13-14,16H,5-12H2,1-4H3. The Kier molecular flexibility index (Phi) is 7.20. The summed E-state index contributed by atoms with van der Waals surface area (Å²) >= 11 is 0. The third kappa shape index (κ3) is 7.34. The SMILES string of the molecule is CCCCCOCC1CCC(CNC(C)(C)C)O1. The van der Waals surface area contributed by atoms with Crippen LogP contribution in [-0.4, -0.2) is 37.5 Å². The molecule has 0 saturated carbocycles. The lowest BCUT2D eigenvalue weighted by Gasteiger charge is -2.23. The van der Waals surface area contributed by atoms with Crippen LogP contribution < -0.4 is 5.32 Å². The molecule has 3 heteroatoms. The molecule has 3 nitrogen and oxygen atoms in total. The molecule has 1 fully saturated rings. The first kappa shape index (κ1) is 15.9. The maximum absolute atomic E-state index is 5.98. The molecule has 0 bridgehead atoms. The van der Waals surface area contributed by atoms with Gasteiger partial charge in [-0.25, -0.2) is 0 Å². The second-order valence-corrected chi connectivity index (χ2v) is 6.37. The average molecular weight is 257 g/mol. The van der Waals surface area contributed by atoms with Crippen LogP contribution in [0.4, 0.5) is 0 Å². The highest BCUT2D eigenvalue weighted by molar-refractivity contribution is 4.79. The Labute approximate surface area is 113 Å². The van der Waals surface area contributed by atoms with Crippen molar-refractivity contribution in [3.8, 4) is 0 Å². The van der Waals surface area contributed by atoms with E-state index in [0.717, 1.165) is 32.6 Å². The lowest BCUT2D eigenvalue weighted by Crippen LogP contribution is -2.41. The number of hydrogen-bond acceptors (Lipinski definition) is 3. The van der Waals surface area contributed by atoms with Gasteiger partial charge in [-0.1, -0.05) is 19.8 Å². The average Bonchev–Trinajstić information content (AvgIpc) is 2.73. The second kappa shape index (κ2) is 8.13. The fraction of sp³-hybridized carbons (Fsp3) is 1.00. The Bertz CT molecular complexity index is 213. The molecule has 1 aliphatic heterocycles. The highest BCUT2D eigenvalue weighted by Crippen LogP contribution is 2.20. The molecule has 1 aliphatic rings. The van der Waals surface area contributed by atoms with Crippen LogP contribution in [0.2, 0.25) is 0 Å². The molecule has 0 aromatic rings. The molecular formula is C15H31NO2. The fourth-order valence-electron chi connectivity index (χ4n) is 2.14. The van der Waals surface area contributed by atoms with E-state index in [2.05, 4.69) is 33.0 Å². The normalized spacial score (nSPS) is 24.7. The van der Waals surface area contributed by atoms with E-state index in [0.29, 0.717) is 12.2 Å². The monoisotopic (exact) mass is 257 g/mol. The van der Waals surface area contributed by atoms with Crippen molar-refractivity contribution in [1.82, 2.24) is 5.32 Å². The lowest BCUT2D eigenvalue weighted by molar-refractivity contribution is -0.0163. The number of unbranched alkanes of at least 4 members (excludes halogenated alkanes) is 2. The van der Waals surface area contributed by atoms with Crippen molar-refractivity contribution in [3.05, 3.63) is 0 Å². The largest absolute Gasteiger partial charge is 0.379 e. The molecule has 1 rings (SSSR count). The highest BCUT2D eigenvalue weighted by atomic mass is 16.5. The van der Waals surface area contributed by atoms with Crippen molar-refractivity contribution in [2.75, 3.05) is 19.8 Å². The van der Waals surface area contributed by atoms with Gasteiger partial charge in [-0.05, 0) is 40.0 Å². The van der Waals surface area contributed by atoms with Gasteiger partial charge in [0.05, 0.1) is 18.8 Å². The Hall–Kier alpha value is -0.120. The van der Waals surface area contributed by atoms with Crippen molar-refractivity contribution < 1.29 is 9.47 Å². The maximum Gasteiger partial charge on any atom is 0.0813 e. The van der Waals surface area contributed by atoms with Crippen LogP contribution in [0.5, 0.6) is 0 Å². The van der Waals surface area contributed by atoms with E-state index in [1.165, 1.54) is 19.3 Å². The number of ether oxygens (including phenoxy) is 2. The van der Waals surface area contributed by atoms with Crippen LogP contribution in [-0.2, 0) is 9.47 Å². The minimum atomic E-state index is 0.179. The van der Waals surface area contributed by atoms with Crippen LogP contribution >= 0.6 is 0 Å². The topological polar surface area (TPSA) is 30.5 Å². The first-order valence-corrected chi connectivity index (χ1v) is 7.49. The van der Waals surface area contributed by atoms with Crippen molar-refractivity contribution in [3.63, 3.8) is 0 Å². The van der Waals surface area contributed by atoms with Gasteiger partial charge < -0.3 is 14.8 Å². The molecule has 2 unspecified atom stereocenters. The molecular weight excluding hydrogens is 226 g/mol.